The maximum atomic E-state index is 12.6. The molecule has 0 amide bonds. The van der Waals surface area contributed by atoms with E-state index >= 15 is 0 Å². The number of benzene rings is 2. The third-order valence-electron chi connectivity index (χ3n) is 4.35. The highest BCUT2D eigenvalue weighted by atomic mass is 127. The molecule has 0 saturated carbocycles. The average molecular weight is 549 g/mol. The zero-order valence-electron chi connectivity index (χ0n) is 17.3. The number of halogens is 3. The van der Waals surface area contributed by atoms with Crippen LogP contribution in [-0.4, -0.2) is 39.6 Å². The maximum absolute atomic E-state index is 12.6. The van der Waals surface area contributed by atoms with E-state index in [2.05, 4.69) is 20.4 Å². The van der Waals surface area contributed by atoms with Gasteiger partial charge in [-0.3, -0.25) is 0 Å². The minimum Gasteiger partial charge on any atom is -0.493 e. The average Bonchev–Trinajstić information content (AvgIpc) is 3.19. The van der Waals surface area contributed by atoms with Gasteiger partial charge in [0.15, 0.2) is 29.0 Å². The first-order valence-electron chi connectivity index (χ1n) is 9.61. The zero-order chi connectivity index (χ0) is 21.3. The number of hydrogen-bond acceptors (Lipinski definition) is 5. The third-order valence-corrected chi connectivity index (χ3v) is 4.35. The molecule has 0 saturated heterocycles. The topological polar surface area (TPSA) is 73.3 Å². The number of ether oxygens (including phenoxy) is 4. The van der Waals surface area contributed by atoms with E-state index in [9.17, 15) is 8.78 Å². The molecule has 2 aromatic carbocycles. The number of fused-ring (bicyclic) bond motifs is 1. The van der Waals surface area contributed by atoms with E-state index in [1.165, 1.54) is 7.11 Å². The number of rotatable bonds is 9. The van der Waals surface area contributed by atoms with E-state index in [4.69, 9.17) is 14.2 Å². The molecule has 1 aliphatic rings. The van der Waals surface area contributed by atoms with Gasteiger partial charge >= 0.3 is 6.61 Å². The molecule has 170 valence electrons. The first-order valence-corrected chi connectivity index (χ1v) is 9.61. The van der Waals surface area contributed by atoms with Gasteiger partial charge in [-0.2, -0.15) is 8.78 Å². The van der Waals surface area contributed by atoms with Gasteiger partial charge in [0.1, 0.15) is 0 Å². The fourth-order valence-electron chi connectivity index (χ4n) is 2.94. The van der Waals surface area contributed by atoms with E-state index in [1.807, 2.05) is 31.2 Å². The van der Waals surface area contributed by atoms with Crippen LogP contribution in [0.2, 0.25) is 0 Å². The molecule has 1 aliphatic heterocycles. The Morgan fingerprint density at radius 3 is 2.58 bits per heavy atom. The van der Waals surface area contributed by atoms with Crippen LogP contribution in [0.5, 0.6) is 23.0 Å². The third kappa shape index (κ3) is 7.30. The fourth-order valence-corrected chi connectivity index (χ4v) is 2.94. The lowest BCUT2D eigenvalue weighted by Crippen LogP contribution is -2.38. The Balaban J connectivity index is 0.00000341. The number of alkyl halides is 2. The number of aliphatic imine (C=N–C) groups is 1. The Morgan fingerprint density at radius 1 is 1.06 bits per heavy atom. The molecule has 0 aromatic heterocycles. The van der Waals surface area contributed by atoms with Gasteiger partial charge in [0.2, 0.25) is 6.79 Å². The first kappa shape index (κ1) is 24.8. The van der Waals surface area contributed by atoms with Crippen molar-refractivity contribution in [2.24, 2.45) is 4.99 Å². The van der Waals surface area contributed by atoms with Crippen molar-refractivity contribution < 1.29 is 27.7 Å². The van der Waals surface area contributed by atoms with Crippen LogP contribution in [0.15, 0.2) is 41.4 Å². The Labute approximate surface area is 197 Å². The van der Waals surface area contributed by atoms with Crippen molar-refractivity contribution in [1.82, 2.24) is 10.6 Å². The zero-order valence-corrected chi connectivity index (χ0v) is 19.7. The van der Waals surface area contributed by atoms with E-state index < -0.39 is 6.61 Å². The molecule has 3 rings (SSSR count). The monoisotopic (exact) mass is 549 g/mol. The summed E-state index contributed by atoms with van der Waals surface area (Å²) in [4.78, 5) is 4.58. The predicted octanol–water partition coefficient (Wildman–Crippen LogP) is 3.94. The summed E-state index contributed by atoms with van der Waals surface area (Å²) in [5.41, 5.74) is 1.84. The molecule has 0 spiro atoms. The number of nitrogens with zero attached hydrogens (tertiary/aromatic N) is 1. The summed E-state index contributed by atoms with van der Waals surface area (Å²) in [7, 11) is 1.41. The number of hydrogen-bond donors (Lipinski definition) is 2. The Bertz CT molecular complexity index is 884. The Kier molecular flexibility index (Phi) is 9.89. The van der Waals surface area contributed by atoms with Gasteiger partial charge in [0.25, 0.3) is 0 Å². The van der Waals surface area contributed by atoms with Gasteiger partial charge in [0.05, 0.1) is 13.7 Å². The lowest BCUT2D eigenvalue weighted by molar-refractivity contribution is -0.0512. The van der Waals surface area contributed by atoms with Crippen LogP contribution in [0.25, 0.3) is 0 Å². The normalized spacial score (nSPS) is 12.4. The highest BCUT2D eigenvalue weighted by molar-refractivity contribution is 14.0. The molecule has 10 heteroatoms. The van der Waals surface area contributed by atoms with Crippen molar-refractivity contribution in [2.75, 3.05) is 27.0 Å². The van der Waals surface area contributed by atoms with Gasteiger partial charge in [-0.25, -0.2) is 4.99 Å². The second-order valence-corrected chi connectivity index (χ2v) is 6.42. The molecule has 0 fully saturated rings. The molecule has 31 heavy (non-hydrogen) atoms. The van der Waals surface area contributed by atoms with Crippen LogP contribution < -0.4 is 29.6 Å². The van der Waals surface area contributed by atoms with Crippen molar-refractivity contribution in [3.63, 3.8) is 0 Å². The van der Waals surface area contributed by atoms with Crippen molar-refractivity contribution in [2.45, 2.75) is 26.5 Å². The summed E-state index contributed by atoms with van der Waals surface area (Å²) in [5.74, 6) is 2.41. The smallest absolute Gasteiger partial charge is 0.387 e. The van der Waals surface area contributed by atoms with Crippen molar-refractivity contribution in [3.8, 4) is 23.0 Å². The Hall–Kier alpha value is -2.50. The van der Waals surface area contributed by atoms with E-state index in [-0.39, 0.29) is 42.3 Å². The molecule has 1 heterocycles. The largest absolute Gasteiger partial charge is 0.493 e. The summed E-state index contributed by atoms with van der Waals surface area (Å²) < 4.78 is 45.5. The van der Waals surface area contributed by atoms with Crippen LogP contribution in [0.4, 0.5) is 8.78 Å². The fraction of sp³-hybridized carbons (Fsp3) is 0.381. The lowest BCUT2D eigenvalue weighted by atomic mass is 10.1. The van der Waals surface area contributed by atoms with Crippen LogP contribution >= 0.6 is 24.0 Å². The maximum Gasteiger partial charge on any atom is 0.387 e. The van der Waals surface area contributed by atoms with Crippen molar-refractivity contribution in [1.29, 1.82) is 0 Å². The first-order chi connectivity index (χ1) is 14.6. The molecular formula is C21H26F2IN3O4. The van der Waals surface area contributed by atoms with E-state index in [0.29, 0.717) is 32.0 Å². The molecule has 0 bridgehead atoms. The minimum atomic E-state index is -2.91. The molecule has 7 nitrogen and oxygen atoms in total. The van der Waals surface area contributed by atoms with Crippen LogP contribution in [0.1, 0.15) is 18.1 Å². The molecule has 0 unspecified atom stereocenters. The molecule has 0 atom stereocenters. The van der Waals surface area contributed by atoms with Crippen LogP contribution in [0.3, 0.4) is 0 Å². The van der Waals surface area contributed by atoms with Gasteiger partial charge in [0, 0.05) is 13.1 Å². The van der Waals surface area contributed by atoms with Gasteiger partial charge < -0.3 is 29.6 Å². The van der Waals surface area contributed by atoms with Crippen molar-refractivity contribution >= 4 is 29.9 Å². The van der Waals surface area contributed by atoms with Crippen LogP contribution in [0, 0.1) is 0 Å². The van der Waals surface area contributed by atoms with Gasteiger partial charge in [-0.15, -0.1) is 24.0 Å². The summed E-state index contributed by atoms with van der Waals surface area (Å²) in [5, 5.41) is 6.43. The standard InChI is InChI=1S/C21H25F2N3O4.HI/c1-3-24-21(26-12-15-5-7-17-18(11-15)29-13-28-17)25-9-8-14-4-6-16(27-2)19(10-14)30-20(22)23;/h4-7,10-11,20H,3,8-9,12-13H2,1-2H3,(H2,24,25,26);1H. The SMILES string of the molecule is CCNC(=NCc1ccc2c(c1)OCO2)NCCc1ccc(OC)c(OC(F)F)c1.I. The van der Waals surface area contributed by atoms with Crippen LogP contribution in [-0.2, 0) is 13.0 Å². The number of guanidine groups is 1. The quantitative estimate of drug-likeness (QED) is 0.281. The summed E-state index contributed by atoms with van der Waals surface area (Å²) in [6.45, 7) is 1.06. The number of methoxy groups -OCH3 is 1. The molecular weight excluding hydrogens is 523 g/mol. The molecule has 2 N–H and O–H groups in total. The van der Waals surface area contributed by atoms with E-state index in [0.717, 1.165) is 22.6 Å². The van der Waals surface area contributed by atoms with Gasteiger partial charge in [-0.05, 0) is 48.7 Å². The summed E-state index contributed by atoms with van der Waals surface area (Å²) >= 11 is 0. The summed E-state index contributed by atoms with van der Waals surface area (Å²) in [6.07, 6.45) is 0.595. The molecule has 0 radical (unpaired) electrons. The van der Waals surface area contributed by atoms with Gasteiger partial charge in [-0.1, -0.05) is 12.1 Å². The highest BCUT2D eigenvalue weighted by Gasteiger charge is 2.13. The summed E-state index contributed by atoms with van der Waals surface area (Å²) in [6, 6.07) is 10.7. The second kappa shape index (κ2) is 12.4. The predicted molar refractivity (Wildman–Crippen MR) is 124 cm³/mol. The molecule has 2 aromatic rings. The van der Waals surface area contributed by atoms with E-state index in [1.54, 1.807) is 12.1 Å². The highest BCUT2D eigenvalue weighted by Crippen LogP contribution is 2.32. The lowest BCUT2D eigenvalue weighted by Gasteiger charge is -2.13. The minimum absolute atomic E-state index is 0. The molecule has 0 aliphatic carbocycles. The Morgan fingerprint density at radius 2 is 1.84 bits per heavy atom. The van der Waals surface area contributed by atoms with Crippen molar-refractivity contribution in [3.05, 3.63) is 47.5 Å². The second-order valence-electron chi connectivity index (χ2n) is 6.42. The number of nitrogens with one attached hydrogen (secondary N) is 2.